The van der Waals surface area contributed by atoms with Crippen molar-refractivity contribution in [2.24, 2.45) is 5.73 Å². The van der Waals surface area contributed by atoms with E-state index < -0.39 is 5.54 Å². The van der Waals surface area contributed by atoms with Crippen molar-refractivity contribution >= 4 is 23.4 Å². The van der Waals surface area contributed by atoms with E-state index in [9.17, 15) is 4.79 Å². The van der Waals surface area contributed by atoms with E-state index >= 15 is 0 Å². The average Bonchev–Trinajstić information content (AvgIpc) is 2.29. The molecule has 0 aliphatic heterocycles. The minimum absolute atomic E-state index is 0.127. The number of rotatable bonds is 5. The second-order valence-corrected chi connectivity index (χ2v) is 5.23. The van der Waals surface area contributed by atoms with Crippen molar-refractivity contribution < 1.29 is 4.79 Å². The van der Waals surface area contributed by atoms with Crippen LogP contribution in [0.5, 0.6) is 0 Å². The van der Waals surface area contributed by atoms with Gasteiger partial charge in [0.05, 0.1) is 5.54 Å². The van der Waals surface area contributed by atoms with Gasteiger partial charge in [-0.25, -0.2) is 0 Å². The average molecular weight is 252 g/mol. The highest BCUT2D eigenvalue weighted by atomic mass is 32.2. The van der Waals surface area contributed by atoms with Crippen molar-refractivity contribution in [3.05, 3.63) is 24.3 Å². The Morgan fingerprint density at radius 3 is 2.82 bits per heavy atom. The molecule has 4 heteroatoms. The number of anilines is 1. The van der Waals surface area contributed by atoms with Crippen LogP contribution in [-0.4, -0.2) is 17.7 Å². The Morgan fingerprint density at radius 1 is 1.53 bits per heavy atom. The van der Waals surface area contributed by atoms with Crippen LogP contribution in [0.25, 0.3) is 0 Å². The van der Waals surface area contributed by atoms with E-state index in [-0.39, 0.29) is 5.91 Å². The Morgan fingerprint density at radius 2 is 2.24 bits per heavy atom. The molecule has 1 rings (SSSR count). The quantitative estimate of drug-likeness (QED) is 0.792. The molecule has 0 bridgehead atoms. The molecular formula is C13H20N2OS. The molecule has 0 aromatic heterocycles. The Kier molecular flexibility index (Phi) is 5.02. The number of hydrogen-bond acceptors (Lipinski definition) is 3. The number of benzene rings is 1. The first kappa shape index (κ1) is 14.1. The van der Waals surface area contributed by atoms with Crippen LogP contribution in [0.4, 0.5) is 5.69 Å². The lowest BCUT2D eigenvalue weighted by Crippen LogP contribution is -2.48. The van der Waals surface area contributed by atoms with E-state index in [1.807, 2.05) is 37.4 Å². The van der Waals surface area contributed by atoms with Crippen LogP contribution in [0.15, 0.2) is 29.2 Å². The van der Waals surface area contributed by atoms with Crippen LogP contribution in [0.3, 0.4) is 0 Å². The SMILES string of the molecule is CCCC(C)(N)C(=O)Nc1cccc(SC)c1. The number of carbonyl (C=O) groups excluding carboxylic acids is 1. The van der Waals surface area contributed by atoms with Crippen molar-refractivity contribution in [1.29, 1.82) is 0 Å². The monoisotopic (exact) mass is 252 g/mol. The molecule has 0 radical (unpaired) electrons. The van der Waals surface area contributed by atoms with E-state index in [1.165, 1.54) is 0 Å². The van der Waals surface area contributed by atoms with Crippen LogP contribution < -0.4 is 11.1 Å². The summed E-state index contributed by atoms with van der Waals surface area (Å²) in [4.78, 5) is 13.1. The maximum absolute atomic E-state index is 12.0. The molecular weight excluding hydrogens is 232 g/mol. The number of amides is 1. The van der Waals surface area contributed by atoms with E-state index in [0.717, 1.165) is 17.0 Å². The summed E-state index contributed by atoms with van der Waals surface area (Å²) in [6, 6.07) is 7.76. The molecule has 0 saturated carbocycles. The first-order valence-corrected chi connectivity index (χ1v) is 6.96. The Hall–Kier alpha value is -1.00. The Balaban J connectivity index is 2.73. The number of nitrogens with two attached hydrogens (primary N) is 1. The Bertz CT molecular complexity index is 391. The van der Waals surface area contributed by atoms with Crippen molar-refractivity contribution in [3.8, 4) is 0 Å². The van der Waals surface area contributed by atoms with Gasteiger partial charge >= 0.3 is 0 Å². The van der Waals surface area contributed by atoms with Crippen LogP contribution in [0, 0.1) is 0 Å². The van der Waals surface area contributed by atoms with Crippen LogP contribution >= 0.6 is 11.8 Å². The van der Waals surface area contributed by atoms with Gasteiger partial charge in [0.15, 0.2) is 0 Å². The van der Waals surface area contributed by atoms with Gasteiger partial charge in [0.2, 0.25) is 5.91 Å². The smallest absolute Gasteiger partial charge is 0.244 e. The van der Waals surface area contributed by atoms with Gasteiger partial charge in [0.25, 0.3) is 0 Å². The third-order valence-electron chi connectivity index (χ3n) is 2.62. The zero-order valence-electron chi connectivity index (χ0n) is 10.6. The molecule has 3 nitrogen and oxygen atoms in total. The van der Waals surface area contributed by atoms with Gasteiger partial charge < -0.3 is 11.1 Å². The highest BCUT2D eigenvalue weighted by Crippen LogP contribution is 2.20. The highest BCUT2D eigenvalue weighted by molar-refractivity contribution is 7.98. The minimum Gasteiger partial charge on any atom is -0.324 e. The lowest BCUT2D eigenvalue weighted by Gasteiger charge is -2.22. The molecule has 0 fully saturated rings. The number of carbonyl (C=O) groups is 1. The van der Waals surface area contributed by atoms with Gasteiger partial charge in [-0.05, 0) is 37.8 Å². The second-order valence-electron chi connectivity index (χ2n) is 4.35. The van der Waals surface area contributed by atoms with E-state index in [1.54, 1.807) is 18.7 Å². The molecule has 1 atom stereocenters. The summed E-state index contributed by atoms with van der Waals surface area (Å²) >= 11 is 1.65. The van der Waals surface area contributed by atoms with E-state index in [0.29, 0.717) is 6.42 Å². The normalized spacial score (nSPS) is 14.1. The van der Waals surface area contributed by atoms with Crippen molar-refractivity contribution in [2.45, 2.75) is 37.1 Å². The van der Waals surface area contributed by atoms with Gasteiger partial charge in [0.1, 0.15) is 0 Å². The van der Waals surface area contributed by atoms with Crippen LogP contribution in [0.1, 0.15) is 26.7 Å². The molecule has 0 aliphatic carbocycles. The molecule has 94 valence electrons. The summed E-state index contributed by atoms with van der Waals surface area (Å²) < 4.78 is 0. The summed E-state index contributed by atoms with van der Waals surface area (Å²) in [6.07, 6.45) is 3.58. The van der Waals surface area contributed by atoms with Gasteiger partial charge in [-0.1, -0.05) is 19.4 Å². The maximum Gasteiger partial charge on any atom is 0.244 e. The highest BCUT2D eigenvalue weighted by Gasteiger charge is 2.27. The lowest BCUT2D eigenvalue weighted by atomic mass is 9.96. The van der Waals surface area contributed by atoms with Gasteiger partial charge in [0, 0.05) is 10.6 Å². The van der Waals surface area contributed by atoms with Gasteiger partial charge in [-0.15, -0.1) is 11.8 Å². The van der Waals surface area contributed by atoms with Crippen LogP contribution in [0.2, 0.25) is 0 Å². The maximum atomic E-state index is 12.0. The topological polar surface area (TPSA) is 55.1 Å². The first-order chi connectivity index (χ1) is 7.99. The fourth-order valence-corrected chi connectivity index (χ4v) is 2.07. The summed E-state index contributed by atoms with van der Waals surface area (Å²) in [7, 11) is 0. The zero-order valence-corrected chi connectivity index (χ0v) is 11.4. The molecule has 0 heterocycles. The first-order valence-electron chi connectivity index (χ1n) is 5.74. The van der Waals surface area contributed by atoms with Gasteiger partial charge in [-0.2, -0.15) is 0 Å². The number of hydrogen-bond donors (Lipinski definition) is 2. The summed E-state index contributed by atoms with van der Waals surface area (Å²) in [6.45, 7) is 3.79. The van der Waals surface area contributed by atoms with Crippen molar-refractivity contribution in [1.82, 2.24) is 0 Å². The largest absolute Gasteiger partial charge is 0.324 e. The summed E-state index contributed by atoms with van der Waals surface area (Å²) in [5.74, 6) is -0.127. The Labute approximate surface area is 107 Å². The second kappa shape index (κ2) is 6.07. The van der Waals surface area contributed by atoms with Crippen molar-refractivity contribution in [2.75, 3.05) is 11.6 Å². The fourth-order valence-electron chi connectivity index (χ4n) is 1.61. The molecule has 0 aliphatic rings. The molecule has 0 spiro atoms. The standard InChI is InChI=1S/C13H20N2OS/c1-4-8-13(2,14)12(16)15-10-6-5-7-11(9-10)17-3/h5-7,9H,4,8,14H2,1-3H3,(H,15,16). The molecule has 3 N–H and O–H groups in total. The predicted molar refractivity (Wildman–Crippen MR) is 74.4 cm³/mol. The third kappa shape index (κ3) is 4.06. The predicted octanol–water partition coefficient (Wildman–Crippen LogP) is 2.86. The third-order valence-corrected chi connectivity index (χ3v) is 3.34. The van der Waals surface area contributed by atoms with E-state index in [4.69, 9.17) is 5.73 Å². The van der Waals surface area contributed by atoms with E-state index in [2.05, 4.69) is 5.32 Å². The lowest BCUT2D eigenvalue weighted by molar-refractivity contribution is -0.120. The molecule has 0 saturated heterocycles. The molecule has 1 amide bonds. The fraction of sp³-hybridized carbons (Fsp3) is 0.462. The van der Waals surface area contributed by atoms with Crippen molar-refractivity contribution in [3.63, 3.8) is 0 Å². The number of nitrogens with one attached hydrogen (secondary N) is 1. The zero-order chi connectivity index (χ0) is 12.9. The molecule has 17 heavy (non-hydrogen) atoms. The van der Waals surface area contributed by atoms with Crippen LogP contribution in [-0.2, 0) is 4.79 Å². The minimum atomic E-state index is -0.801. The molecule has 1 aromatic carbocycles. The van der Waals surface area contributed by atoms with Gasteiger partial charge in [-0.3, -0.25) is 4.79 Å². The summed E-state index contributed by atoms with van der Waals surface area (Å²) in [5.41, 5.74) is 5.97. The molecule has 1 aromatic rings. The molecule has 1 unspecified atom stereocenters. The number of thioether (sulfide) groups is 1. The summed E-state index contributed by atoms with van der Waals surface area (Å²) in [5, 5.41) is 2.86.